The highest BCUT2D eigenvalue weighted by atomic mass is 35.5. The number of fused-ring (bicyclic) bond motifs is 1. The van der Waals surface area contributed by atoms with Gasteiger partial charge in [-0.3, -0.25) is 4.79 Å². The number of rotatable bonds is 2. The molecule has 1 aliphatic heterocycles. The van der Waals surface area contributed by atoms with Crippen LogP contribution >= 0.6 is 24.8 Å². The van der Waals surface area contributed by atoms with Crippen molar-refractivity contribution in [1.29, 1.82) is 0 Å². The number of nitrogens with two attached hydrogens (primary N) is 1. The van der Waals surface area contributed by atoms with E-state index in [0.717, 1.165) is 63.0 Å². The zero-order valence-corrected chi connectivity index (χ0v) is 16.3. The Morgan fingerprint density at radius 1 is 1.12 bits per heavy atom. The van der Waals surface area contributed by atoms with Crippen LogP contribution in [0.25, 0.3) is 11.1 Å². The summed E-state index contributed by atoms with van der Waals surface area (Å²) < 4.78 is 5.83. The van der Waals surface area contributed by atoms with E-state index < -0.39 is 0 Å². The molecule has 144 valence electrons. The molecule has 2 unspecified atom stereocenters. The van der Waals surface area contributed by atoms with Gasteiger partial charge in [0.1, 0.15) is 5.52 Å². The van der Waals surface area contributed by atoms with Crippen LogP contribution in [-0.2, 0) is 4.79 Å². The molecule has 6 nitrogen and oxygen atoms in total. The number of anilines is 1. The molecular weight excluding hydrogens is 375 g/mol. The van der Waals surface area contributed by atoms with E-state index >= 15 is 0 Å². The van der Waals surface area contributed by atoms with Gasteiger partial charge in [-0.1, -0.05) is 18.6 Å². The minimum atomic E-state index is 0. The fourth-order valence-corrected chi connectivity index (χ4v) is 3.82. The van der Waals surface area contributed by atoms with E-state index in [1.807, 2.05) is 29.2 Å². The second-order valence-corrected chi connectivity index (χ2v) is 6.90. The summed E-state index contributed by atoms with van der Waals surface area (Å²) in [5, 5.41) is 0. The van der Waals surface area contributed by atoms with Crippen molar-refractivity contribution >= 4 is 47.8 Å². The molecule has 26 heavy (non-hydrogen) atoms. The van der Waals surface area contributed by atoms with Crippen molar-refractivity contribution in [3.63, 3.8) is 0 Å². The summed E-state index contributed by atoms with van der Waals surface area (Å²) in [6.45, 7) is 2.97. The number of carbonyl (C=O) groups is 1. The number of hydrogen-bond donors (Lipinski definition) is 1. The van der Waals surface area contributed by atoms with Gasteiger partial charge in [-0.05, 0) is 31.4 Å². The van der Waals surface area contributed by atoms with Crippen LogP contribution in [0.2, 0.25) is 0 Å². The van der Waals surface area contributed by atoms with Crippen LogP contribution < -0.4 is 10.6 Å². The summed E-state index contributed by atoms with van der Waals surface area (Å²) in [4.78, 5) is 21.4. The summed E-state index contributed by atoms with van der Waals surface area (Å²) in [6, 6.07) is 8.63. The number of benzene rings is 1. The first-order valence-electron chi connectivity index (χ1n) is 8.85. The van der Waals surface area contributed by atoms with Gasteiger partial charge in [0.25, 0.3) is 6.01 Å². The van der Waals surface area contributed by atoms with Crippen LogP contribution in [0.4, 0.5) is 6.01 Å². The minimum Gasteiger partial charge on any atom is -0.423 e. The Hall–Kier alpha value is -1.50. The molecule has 1 aromatic carbocycles. The smallest absolute Gasteiger partial charge is 0.298 e. The Bertz CT molecular complexity index is 698. The van der Waals surface area contributed by atoms with Gasteiger partial charge >= 0.3 is 0 Å². The zero-order valence-electron chi connectivity index (χ0n) is 14.7. The van der Waals surface area contributed by atoms with Gasteiger partial charge in [-0.25, -0.2) is 0 Å². The molecular formula is C18H26Cl2N4O2. The van der Waals surface area contributed by atoms with Crippen molar-refractivity contribution in [2.24, 2.45) is 11.7 Å². The number of hydrogen-bond acceptors (Lipinski definition) is 5. The first kappa shape index (κ1) is 20.8. The standard InChI is InChI=1S/C18H24N4O2.2ClH/c19-14-5-3-4-13(12-14)17(23)21-8-10-22(11-9-21)18-20-15-6-1-2-7-16(15)24-18;;/h1-2,6-7,13-14H,3-5,8-12,19H2;2*1H. The average molecular weight is 401 g/mol. The lowest BCUT2D eigenvalue weighted by Gasteiger charge is -2.37. The van der Waals surface area contributed by atoms with Crippen LogP contribution in [0.1, 0.15) is 25.7 Å². The van der Waals surface area contributed by atoms with E-state index in [0.29, 0.717) is 6.01 Å². The Morgan fingerprint density at radius 3 is 2.54 bits per heavy atom. The number of aromatic nitrogens is 1. The molecule has 1 saturated heterocycles. The fourth-order valence-electron chi connectivity index (χ4n) is 3.82. The summed E-state index contributed by atoms with van der Waals surface area (Å²) in [5.74, 6) is 0.395. The van der Waals surface area contributed by atoms with Gasteiger partial charge in [0.15, 0.2) is 5.58 Å². The number of piperazine rings is 1. The van der Waals surface area contributed by atoms with Gasteiger partial charge in [0.2, 0.25) is 5.91 Å². The molecule has 4 rings (SSSR count). The Morgan fingerprint density at radius 2 is 1.85 bits per heavy atom. The molecule has 1 saturated carbocycles. The van der Waals surface area contributed by atoms with E-state index in [1.54, 1.807) is 0 Å². The first-order chi connectivity index (χ1) is 11.7. The molecule has 1 aromatic heterocycles. The highest BCUT2D eigenvalue weighted by Crippen LogP contribution is 2.26. The van der Waals surface area contributed by atoms with Crippen molar-refractivity contribution < 1.29 is 9.21 Å². The maximum absolute atomic E-state index is 12.7. The van der Waals surface area contributed by atoms with Gasteiger partial charge in [-0.2, -0.15) is 4.98 Å². The number of oxazole rings is 1. The second kappa shape index (κ2) is 8.93. The molecule has 2 N–H and O–H groups in total. The van der Waals surface area contributed by atoms with E-state index in [9.17, 15) is 4.79 Å². The van der Waals surface area contributed by atoms with Crippen LogP contribution in [-0.4, -0.2) is 48.0 Å². The number of para-hydroxylation sites is 2. The molecule has 1 amide bonds. The highest BCUT2D eigenvalue weighted by Gasteiger charge is 2.31. The Kier molecular flexibility index (Phi) is 7.15. The van der Waals surface area contributed by atoms with Crippen molar-refractivity contribution in [3.05, 3.63) is 24.3 Å². The zero-order chi connectivity index (χ0) is 16.5. The molecule has 0 bridgehead atoms. The third-order valence-electron chi connectivity index (χ3n) is 5.21. The van der Waals surface area contributed by atoms with E-state index in [1.165, 1.54) is 0 Å². The quantitative estimate of drug-likeness (QED) is 0.838. The number of amides is 1. The fraction of sp³-hybridized carbons (Fsp3) is 0.556. The second-order valence-electron chi connectivity index (χ2n) is 6.90. The van der Waals surface area contributed by atoms with Crippen molar-refractivity contribution in [1.82, 2.24) is 9.88 Å². The lowest BCUT2D eigenvalue weighted by Crippen LogP contribution is -2.51. The summed E-state index contributed by atoms with van der Waals surface area (Å²) in [7, 11) is 0. The highest BCUT2D eigenvalue weighted by molar-refractivity contribution is 5.85. The molecule has 8 heteroatoms. The van der Waals surface area contributed by atoms with E-state index in [4.69, 9.17) is 10.2 Å². The van der Waals surface area contributed by atoms with Gasteiger partial charge in [-0.15, -0.1) is 24.8 Å². The van der Waals surface area contributed by atoms with Gasteiger partial charge in [0.05, 0.1) is 0 Å². The van der Waals surface area contributed by atoms with Crippen LogP contribution in [0, 0.1) is 5.92 Å². The Labute approximate surface area is 165 Å². The molecule has 2 fully saturated rings. The third kappa shape index (κ3) is 4.24. The predicted molar refractivity (Wildman–Crippen MR) is 107 cm³/mol. The third-order valence-corrected chi connectivity index (χ3v) is 5.21. The monoisotopic (exact) mass is 400 g/mol. The van der Waals surface area contributed by atoms with Crippen LogP contribution in [0.5, 0.6) is 0 Å². The summed E-state index contributed by atoms with van der Waals surface area (Å²) >= 11 is 0. The van der Waals surface area contributed by atoms with Gasteiger partial charge < -0.3 is 20.0 Å². The molecule has 2 aromatic rings. The lowest BCUT2D eigenvalue weighted by molar-refractivity contribution is -0.137. The number of carbonyl (C=O) groups excluding carboxylic acids is 1. The molecule has 2 aliphatic rings. The van der Waals surface area contributed by atoms with Crippen molar-refractivity contribution in [2.45, 2.75) is 31.7 Å². The van der Waals surface area contributed by atoms with Crippen LogP contribution in [0.15, 0.2) is 28.7 Å². The summed E-state index contributed by atoms with van der Waals surface area (Å²) in [6.07, 6.45) is 3.94. The van der Waals surface area contributed by atoms with Gasteiger partial charge in [0, 0.05) is 38.1 Å². The Balaban J connectivity index is 0.00000121. The maximum Gasteiger partial charge on any atom is 0.298 e. The van der Waals surface area contributed by atoms with Crippen LogP contribution in [0.3, 0.4) is 0 Å². The summed E-state index contributed by atoms with van der Waals surface area (Å²) in [5.41, 5.74) is 7.71. The molecule has 1 aliphatic carbocycles. The predicted octanol–water partition coefficient (Wildman–Crippen LogP) is 2.84. The van der Waals surface area contributed by atoms with Crippen molar-refractivity contribution in [2.75, 3.05) is 31.1 Å². The van der Waals surface area contributed by atoms with Crippen molar-refractivity contribution in [3.8, 4) is 0 Å². The lowest BCUT2D eigenvalue weighted by atomic mass is 9.85. The molecule has 2 heterocycles. The topological polar surface area (TPSA) is 75.6 Å². The minimum absolute atomic E-state index is 0. The molecule has 0 spiro atoms. The number of halogens is 2. The first-order valence-corrected chi connectivity index (χ1v) is 8.85. The average Bonchev–Trinajstić information content (AvgIpc) is 3.05. The van der Waals surface area contributed by atoms with E-state index in [-0.39, 0.29) is 42.7 Å². The molecule has 0 radical (unpaired) electrons. The van der Waals surface area contributed by atoms with E-state index in [2.05, 4.69) is 9.88 Å². The maximum atomic E-state index is 12.7. The number of nitrogens with zero attached hydrogens (tertiary/aromatic N) is 3. The largest absolute Gasteiger partial charge is 0.423 e. The molecule has 2 atom stereocenters. The SMILES string of the molecule is Cl.Cl.NC1CCCC(C(=O)N2CCN(c3nc4ccccc4o3)CC2)C1. The normalized spacial score (nSPS) is 23.3.